The van der Waals surface area contributed by atoms with Gasteiger partial charge < -0.3 is 4.74 Å². The van der Waals surface area contributed by atoms with Gasteiger partial charge in [-0.15, -0.1) is 0 Å². The Balaban J connectivity index is 1.34. The normalized spacial score (nSPS) is 21.3. The number of rotatable bonds is 6. The number of hydrogen-bond donors (Lipinski definition) is 0. The summed E-state index contributed by atoms with van der Waals surface area (Å²) >= 11 is 0. The third-order valence-electron chi connectivity index (χ3n) is 5.44. The molecule has 138 valence electrons. The summed E-state index contributed by atoms with van der Waals surface area (Å²) in [5, 5.41) is 0. The van der Waals surface area contributed by atoms with E-state index >= 15 is 0 Å². The molecular weight excluding hydrogens is 314 g/mol. The molecule has 1 aromatic carbocycles. The number of nitrogens with zero attached hydrogens (tertiary/aromatic N) is 3. The lowest BCUT2D eigenvalue weighted by Crippen LogP contribution is -2.53. The highest BCUT2D eigenvalue weighted by Gasteiger charge is 2.27. The average molecular weight is 345 g/mol. The fourth-order valence-corrected chi connectivity index (χ4v) is 3.95. The highest BCUT2D eigenvalue weighted by molar-refractivity contribution is 5.65. The van der Waals surface area contributed by atoms with E-state index < -0.39 is 0 Å². The first-order valence-electron chi connectivity index (χ1n) is 9.57. The Bertz CT molecular complexity index is 521. The summed E-state index contributed by atoms with van der Waals surface area (Å²) in [6.07, 6.45) is 2.47. The minimum absolute atomic E-state index is 0.178. The summed E-state index contributed by atoms with van der Waals surface area (Å²) in [7, 11) is 0. The number of esters is 1. The number of likely N-dealkylation sites (tertiary alicyclic amines) is 1. The molecule has 0 saturated carbocycles. The molecule has 2 aliphatic heterocycles. The average Bonchev–Trinajstić information content (AvgIpc) is 2.64. The van der Waals surface area contributed by atoms with Crippen LogP contribution in [-0.4, -0.2) is 79.1 Å². The maximum Gasteiger partial charge on any atom is 0.302 e. The van der Waals surface area contributed by atoms with E-state index in [9.17, 15) is 4.79 Å². The molecule has 5 nitrogen and oxygen atoms in total. The standard InChI is InChI=1S/C20H31N3O2/c1-18(24)25-16-15-21-9-7-20(8-10-21)23-13-11-22(12-14-23)17-19-5-3-2-4-6-19/h2-6,20H,7-17H2,1H3. The second-order valence-electron chi connectivity index (χ2n) is 7.21. The number of hydrogen-bond acceptors (Lipinski definition) is 5. The molecule has 5 heteroatoms. The summed E-state index contributed by atoms with van der Waals surface area (Å²) in [5.74, 6) is -0.178. The Morgan fingerprint density at radius 2 is 1.68 bits per heavy atom. The molecule has 0 amide bonds. The van der Waals surface area contributed by atoms with Crippen molar-refractivity contribution in [1.29, 1.82) is 0 Å². The Labute approximate surface area is 151 Å². The smallest absolute Gasteiger partial charge is 0.302 e. The van der Waals surface area contributed by atoms with Gasteiger partial charge >= 0.3 is 5.97 Å². The molecular formula is C20H31N3O2. The molecule has 0 radical (unpaired) electrons. The SMILES string of the molecule is CC(=O)OCCN1CCC(N2CCN(Cc3ccccc3)CC2)CC1. The van der Waals surface area contributed by atoms with Crippen LogP contribution in [0, 0.1) is 0 Å². The van der Waals surface area contributed by atoms with Crippen molar-refractivity contribution in [2.75, 3.05) is 52.4 Å². The van der Waals surface area contributed by atoms with E-state index in [4.69, 9.17) is 4.74 Å². The molecule has 0 unspecified atom stereocenters. The highest BCUT2D eigenvalue weighted by atomic mass is 16.5. The van der Waals surface area contributed by atoms with E-state index in [0.29, 0.717) is 6.61 Å². The zero-order chi connectivity index (χ0) is 17.5. The van der Waals surface area contributed by atoms with Crippen LogP contribution in [0.25, 0.3) is 0 Å². The van der Waals surface area contributed by atoms with Crippen LogP contribution >= 0.6 is 0 Å². The minimum Gasteiger partial charge on any atom is -0.465 e. The molecule has 0 atom stereocenters. The number of piperazine rings is 1. The third kappa shape index (κ3) is 5.80. The summed E-state index contributed by atoms with van der Waals surface area (Å²) in [6.45, 7) is 10.9. The van der Waals surface area contributed by atoms with Gasteiger partial charge in [-0.3, -0.25) is 19.5 Å². The third-order valence-corrected chi connectivity index (χ3v) is 5.44. The maximum absolute atomic E-state index is 10.8. The molecule has 25 heavy (non-hydrogen) atoms. The topological polar surface area (TPSA) is 36.0 Å². The fourth-order valence-electron chi connectivity index (χ4n) is 3.95. The van der Waals surface area contributed by atoms with Crippen molar-refractivity contribution >= 4 is 5.97 Å². The molecule has 2 heterocycles. The first kappa shape index (κ1) is 18.4. The van der Waals surface area contributed by atoms with Crippen LogP contribution in [0.5, 0.6) is 0 Å². The van der Waals surface area contributed by atoms with Gasteiger partial charge in [-0.25, -0.2) is 0 Å². The van der Waals surface area contributed by atoms with Gasteiger partial charge in [-0.05, 0) is 31.5 Å². The zero-order valence-corrected chi connectivity index (χ0v) is 15.4. The van der Waals surface area contributed by atoms with Gasteiger partial charge in [0.25, 0.3) is 0 Å². The van der Waals surface area contributed by atoms with Crippen molar-refractivity contribution in [3.63, 3.8) is 0 Å². The summed E-state index contributed by atoms with van der Waals surface area (Å²) in [5.41, 5.74) is 1.41. The Morgan fingerprint density at radius 3 is 2.32 bits per heavy atom. The van der Waals surface area contributed by atoms with Crippen LogP contribution in [0.15, 0.2) is 30.3 Å². The van der Waals surface area contributed by atoms with Gasteiger partial charge in [0.2, 0.25) is 0 Å². The van der Waals surface area contributed by atoms with E-state index in [-0.39, 0.29) is 5.97 Å². The molecule has 0 aliphatic carbocycles. The van der Waals surface area contributed by atoms with E-state index in [1.54, 1.807) is 0 Å². The first-order valence-corrected chi connectivity index (χ1v) is 9.57. The predicted octanol–water partition coefficient (Wildman–Crippen LogP) is 1.83. The van der Waals surface area contributed by atoms with Crippen LogP contribution in [0.2, 0.25) is 0 Å². The molecule has 0 aromatic heterocycles. The molecule has 0 spiro atoms. The van der Waals surface area contributed by atoms with E-state index in [0.717, 1.165) is 32.2 Å². The van der Waals surface area contributed by atoms with Gasteiger partial charge in [0, 0.05) is 52.2 Å². The number of carbonyl (C=O) groups excluding carboxylic acids is 1. The second kappa shape index (κ2) is 9.32. The second-order valence-corrected chi connectivity index (χ2v) is 7.21. The van der Waals surface area contributed by atoms with Crippen molar-refractivity contribution in [2.45, 2.75) is 32.4 Å². The number of carbonyl (C=O) groups is 1. The number of benzene rings is 1. The Morgan fingerprint density at radius 1 is 1.00 bits per heavy atom. The van der Waals surface area contributed by atoms with Crippen molar-refractivity contribution in [3.05, 3.63) is 35.9 Å². The minimum atomic E-state index is -0.178. The van der Waals surface area contributed by atoms with Crippen molar-refractivity contribution in [2.24, 2.45) is 0 Å². The van der Waals surface area contributed by atoms with Crippen LogP contribution < -0.4 is 0 Å². The van der Waals surface area contributed by atoms with Crippen molar-refractivity contribution in [3.8, 4) is 0 Å². The van der Waals surface area contributed by atoms with Crippen molar-refractivity contribution < 1.29 is 9.53 Å². The Kier molecular flexibility index (Phi) is 6.84. The largest absolute Gasteiger partial charge is 0.465 e. The molecule has 0 bridgehead atoms. The Hall–Kier alpha value is -1.43. The molecule has 2 fully saturated rings. The molecule has 3 rings (SSSR count). The molecule has 1 aromatic rings. The van der Waals surface area contributed by atoms with E-state index in [1.165, 1.54) is 51.5 Å². The van der Waals surface area contributed by atoms with Crippen LogP contribution in [-0.2, 0) is 16.1 Å². The van der Waals surface area contributed by atoms with Crippen molar-refractivity contribution in [1.82, 2.24) is 14.7 Å². The predicted molar refractivity (Wildman–Crippen MR) is 99.4 cm³/mol. The molecule has 0 N–H and O–H groups in total. The lowest BCUT2D eigenvalue weighted by Gasteiger charge is -2.42. The lowest BCUT2D eigenvalue weighted by molar-refractivity contribution is -0.141. The summed E-state index contributed by atoms with van der Waals surface area (Å²) in [6, 6.07) is 11.5. The highest BCUT2D eigenvalue weighted by Crippen LogP contribution is 2.19. The molecule has 2 aliphatic rings. The van der Waals surface area contributed by atoms with Crippen LogP contribution in [0.4, 0.5) is 0 Å². The quantitative estimate of drug-likeness (QED) is 0.735. The number of piperidine rings is 1. The van der Waals surface area contributed by atoms with Crippen LogP contribution in [0.1, 0.15) is 25.3 Å². The maximum atomic E-state index is 10.8. The first-order chi connectivity index (χ1) is 12.2. The molecule has 2 saturated heterocycles. The van der Waals surface area contributed by atoms with E-state index in [1.807, 2.05) is 0 Å². The van der Waals surface area contributed by atoms with Gasteiger partial charge in [0.05, 0.1) is 0 Å². The van der Waals surface area contributed by atoms with Gasteiger partial charge in [-0.1, -0.05) is 30.3 Å². The number of ether oxygens (including phenoxy) is 1. The fraction of sp³-hybridized carbons (Fsp3) is 0.650. The summed E-state index contributed by atoms with van der Waals surface area (Å²) < 4.78 is 5.05. The van der Waals surface area contributed by atoms with Gasteiger partial charge in [-0.2, -0.15) is 0 Å². The van der Waals surface area contributed by atoms with Gasteiger partial charge in [0.15, 0.2) is 0 Å². The van der Waals surface area contributed by atoms with Gasteiger partial charge in [0.1, 0.15) is 6.61 Å². The summed E-state index contributed by atoms with van der Waals surface area (Å²) in [4.78, 5) is 18.5. The van der Waals surface area contributed by atoms with Crippen LogP contribution in [0.3, 0.4) is 0 Å². The monoisotopic (exact) mass is 345 g/mol. The van der Waals surface area contributed by atoms with E-state index in [2.05, 4.69) is 45.0 Å². The lowest BCUT2D eigenvalue weighted by atomic mass is 10.0. The zero-order valence-electron chi connectivity index (χ0n) is 15.4.